The van der Waals surface area contributed by atoms with Crippen molar-refractivity contribution in [1.29, 1.82) is 0 Å². The lowest BCUT2D eigenvalue weighted by Gasteiger charge is -2.12. The highest BCUT2D eigenvalue weighted by molar-refractivity contribution is 5.78. The van der Waals surface area contributed by atoms with Crippen LogP contribution in [0.2, 0.25) is 0 Å². The standard InChI is InChI=1S/C15H10F4NO2/c16-13-6-3-4-11(8-13)9-20-21-10-12-5-1-2-7-14(12)22-15(17,18)19/h1-8H,10H2. The van der Waals surface area contributed by atoms with Gasteiger partial charge in [0.25, 0.3) is 0 Å². The van der Waals surface area contributed by atoms with Crippen LogP contribution in [0.15, 0.2) is 53.7 Å². The normalized spacial score (nSPS) is 11.6. The van der Waals surface area contributed by atoms with Crippen molar-refractivity contribution >= 4 is 6.21 Å². The van der Waals surface area contributed by atoms with Crippen LogP contribution >= 0.6 is 0 Å². The first-order valence-corrected chi connectivity index (χ1v) is 6.11. The summed E-state index contributed by atoms with van der Waals surface area (Å²) in [7, 11) is 0. The van der Waals surface area contributed by atoms with E-state index in [1.165, 1.54) is 36.4 Å². The molecule has 0 aliphatic heterocycles. The van der Waals surface area contributed by atoms with Gasteiger partial charge in [0.05, 0.1) is 0 Å². The number of hydrogen-bond acceptors (Lipinski definition) is 3. The average molecular weight is 312 g/mol. The minimum absolute atomic E-state index is 0.171. The van der Waals surface area contributed by atoms with Gasteiger partial charge in [-0.25, -0.2) is 4.39 Å². The van der Waals surface area contributed by atoms with Gasteiger partial charge in [-0.3, -0.25) is 0 Å². The quantitative estimate of drug-likeness (QED) is 0.472. The molecule has 2 aromatic rings. The second-order valence-corrected chi connectivity index (χ2v) is 4.14. The van der Waals surface area contributed by atoms with E-state index in [2.05, 4.69) is 16.1 Å². The third-order valence-electron chi connectivity index (χ3n) is 2.48. The van der Waals surface area contributed by atoms with E-state index < -0.39 is 12.2 Å². The molecule has 2 rings (SSSR count). The Morgan fingerprint density at radius 3 is 2.55 bits per heavy atom. The predicted molar refractivity (Wildman–Crippen MR) is 70.9 cm³/mol. The molecule has 22 heavy (non-hydrogen) atoms. The van der Waals surface area contributed by atoms with Crippen LogP contribution in [-0.2, 0) is 11.4 Å². The van der Waals surface area contributed by atoms with Gasteiger partial charge in [0.15, 0.2) is 0 Å². The fourth-order valence-electron chi connectivity index (χ4n) is 1.59. The molecule has 1 radical (unpaired) electrons. The van der Waals surface area contributed by atoms with Crippen molar-refractivity contribution in [3.05, 3.63) is 65.5 Å². The smallest absolute Gasteiger partial charge is 0.405 e. The van der Waals surface area contributed by atoms with Crippen LogP contribution in [-0.4, -0.2) is 12.6 Å². The summed E-state index contributed by atoms with van der Waals surface area (Å²) in [5, 5.41) is 3.46. The van der Waals surface area contributed by atoms with E-state index in [0.29, 0.717) is 5.56 Å². The fourth-order valence-corrected chi connectivity index (χ4v) is 1.59. The molecule has 0 saturated carbocycles. The largest absolute Gasteiger partial charge is 0.573 e. The molecular formula is C15H10F4NO2. The maximum Gasteiger partial charge on any atom is 0.573 e. The van der Waals surface area contributed by atoms with Crippen LogP contribution in [0.4, 0.5) is 17.6 Å². The summed E-state index contributed by atoms with van der Waals surface area (Å²) < 4.78 is 53.5. The number of benzene rings is 2. The molecule has 0 fully saturated rings. The maximum absolute atomic E-state index is 12.9. The maximum atomic E-state index is 12.9. The van der Waals surface area contributed by atoms with Gasteiger partial charge in [-0.2, -0.15) is 0 Å². The molecule has 0 aliphatic carbocycles. The SMILES string of the molecule is Fc1cccc(/[C]=N\OCc2ccccc2OC(F)(F)F)c1. The first kappa shape index (κ1) is 15.8. The van der Waals surface area contributed by atoms with Crippen molar-refractivity contribution in [1.82, 2.24) is 0 Å². The zero-order valence-electron chi connectivity index (χ0n) is 11.1. The zero-order valence-corrected chi connectivity index (χ0v) is 11.1. The molecule has 0 atom stereocenters. The summed E-state index contributed by atoms with van der Waals surface area (Å²) in [6, 6.07) is 11.0. The van der Waals surface area contributed by atoms with Crippen molar-refractivity contribution in [3.8, 4) is 5.75 Å². The van der Waals surface area contributed by atoms with Crippen LogP contribution in [0.5, 0.6) is 5.75 Å². The Kier molecular flexibility index (Phi) is 4.98. The fraction of sp³-hybridized carbons (Fsp3) is 0.133. The number of hydrogen-bond donors (Lipinski definition) is 0. The summed E-state index contributed by atoms with van der Waals surface area (Å²) >= 11 is 0. The summed E-state index contributed by atoms with van der Waals surface area (Å²) in [6.45, 7) is -0.241. The summed E-state index contributed by atoms with van der Waals surface area (Å²) in [6.07, 6.45) is -2.36. The lowest BCUT2D eigenvalue weighted by atomic mass is 10.2. The number of nitrogens with zero attached hydrogens (tertiary/aromatic N) is 1. The molecule has 0 saturated heterocycles. The molecule has 0 aromatic heterocycles. The first-order valence-electron chi connectivity index (χ1n) is 6.11. The second kappa shape index (κ2) is 6.93. The molecule has 2 aromatic carbocycles. The van der Waals surface area contributed by atoms with Crippen molar-refractivity contribution in [2.75, 3.05) is 0 Å². The Bertz CT molecular complexity index is 656. The van der Waals surface area contributed by atoms with E-state index in [4.69, 9.17) is 4.84 Å². The van der Waals surface area contributed by atoms with Crippen molar-refractivity contribution in [2.45, 2.75) is 13.0 Å². The highest BCUT2D eigenvalue weighted by Crippen LogP contribution is 2.26. The highest BCUT2D eigenvalue weighted by atomic mass is 19.4. The van der Waals surface area contributed by atoms with Gasteiger partial charge in [-0.1, -0.05) is 35.5 Å². The average Bonchev–Trinajstić information content (AvgIpc) is 2.44. The Morgan fingerprint density at radius 2 is 1.82 bits per heavy atom. The predicted octanol–water partition coefficient (Wildman–Crippen LogP) is 4.15. The lowest BCUT2D eigenvalue weighted by Crippen LogP contribution is -2.18. The molecule has 0 unspecified atom stereocenters. The molecule has 0 spiro atoms. The van der Waals surface area contributed by atoms with E-state index in [9.17, 15) is 17.6 Å². The van der Waals surface area contributed by atoms with E-state index >= 15 is 0 Å². The van der Waals surface area contributed by atoms with Gasteiger partial charge in [-0.15, -0.1) is 13.2 Å². The van der Waals surface area contributed by atoms with Crippen molar-refractivity contribution in [3.63, 3.8) is 0 Å². The van der Waals surface area contributed by atoms with E-state index in [1.807, 2.05) is 0 Å². The Morgan fingerprint density at radius 1 is 1.05 bits per heavy atom. The van der Waals surface area contributed by atoms with Gasteiger partial charge in [0.1, 0.15) is 24.4 Å². The van der Waals surface area contributed by atoms with Crippen molar-refractivity contribution < 1.29 is 27.1 Å². The van der Waals surface area contributed by atoms with Crippen LogP contribution in [0.25, 0.3) is 0 Å². The molecule has 0 amide bonds. The molecule has 115 valence electrons. The van der Waals surface area contributed by atoms with E-state index in [0.717, 1.165) is 0 Å². The van der Waals surface area contributed by atoms with Crippen LogP contribution in [0, 0.1) is 5.82 Å². The van der Waals surface area contributed by atoms with E-state index in [-0.39, 0.29) is 17.9 Å². The van der Waals surface area contributed by atoms with Crippen molar-refractivity contribution in [2.24, 2.45) is 5.16 Å². The Labute approximate surface area is 123 Å². The molecule has 0 bridgehead atoms. The molecule has 3 nitrogen and oxygen atoms in total. The molecule has 0 aliphatic rings. The number of alkyl halides is 3. The third-order valence-corrected chi connectivity index (χ3v) is 2.48. The first-order chi connectivity index (χ1) is 10.4. The highest BCUT2D eigenvalue weighted by Gasteiger charge is 2.32. The van der Waals surface area contributed by atoms with E-state index in [1.54, 1.807) is 12.1 Å². The number of halogens is 4. The summed E-state index contributed by atoms with van der Waals surface area (Å²) in [5.41, 5.74) is 0.518. The topological polar surface area (TPSA) is 30.8 Å². The van der Waals surface area contributed by atoms with Gasteiger partial charge in [0.2, 0.25) is 0 Å². The van der Waals surface area contributed by atoms with Gasteiger partial charge < -0.3 is 9.57 Å². The number of para-hydroxylation sites is 1. The third kappa shape index (κ3) is 5.08. The summed E-state index contributed by atoms with van der Waals surface area (Å²) in [5.74, 6) is -0.819. The van der Waals surface area contributed by atoms with Crippen LogP contribution in [0.3, 0.4) is 0 Å². The molecular weight excluding hydrogens is 302 g/mol. The summed E-state index contributed by atoms with van der Waals surface area (Å²) in [4.78, 5) is 4.86. The van der Waals surface area contributed by atoms with Gasteiger partial charge in [-0.05, 0) is 18.2 Å². The number of ether oxygens (including phenoxy) is 1. The monoisotopic (exact) mass is 312 g/mol. The zero-order chi connectivity index (χ0) is 16.0. The van der Waals surface area contributed by atoms with Crippen LogP contribution < -0.4 is 4.74 Å². The van der Waals surface area contributed by atoms with Gasteiger partial charge in [0, 0.05) is 11.1 Å². The molecule has 0 heterocycles. The second-order valence-electron chi connectivity index (χ2n) is 4.14. The molecule has 0 N–H and O–H groups in total. The van der Waals surface area contributed by atoms with Gasteiger partial charge >= 0.3 is 6.36 Å². The number of rotatable bonds is 5. The van der Waals surface area contributed by atoms with Crippen LogP contribution in [0.1, 0.15) is 11.1 Å². The minimum Gasteiger partial charge on any atom is -0.405 e. The molecule has 7 heteroatoms. The minimum atomic E-state index is -4.78. The Hall–Kier alpha value is -2.57. The lowest BCUT2D eigenvalue weighted by molar-refractivity contribution is -0.275. The Balaban J connectivity index is 1.97.